The summed E-state index contributed by atoms with van der Waals surface area (Å²) in [6.45, 7) is 2.16. The van der Waals surface area contributed by atoms with Crippen molar-refractivity contribution in [3.05, 3.63) is 78.0 Å². The first-order valence-corrected chi connectivity index (χ1v) is 7.94. The van der Waals surface area contributed by atoms with Gasteiger partial charge in [-0.05, 0) is 66.1 Å². The van der Waals surface area contributed by atoms with Gasteiger partial charge in [-0.2, -0.15) is 0 Å². The van der Waals surface area contributed by atoms with Crippen LogP contribution in [0.25, 0.3) is 22.4 Å². The number of aromatic nitrogens is 1. The first kappa shape index (κ1) is 13.3. The lowest BCUT2D eigenvalue weighted by molar-refractivity contribution is 1.11. The van der Waals surface area contributed by atoms with Crippen molar-refractivity contribution in [2.75, 3.05) is 0 Å². The van der Waals surface area contributed by atoms with Crippen LogP contribution in [0.5, 0.6) is 0 Å². The molecule has 0 N–H and O–H groups in total. The minimum atomic E-state index is 0.763. The van der Waals surface area contributed by atoms with Crippen LogP contribution in [0.1, 0.15) is 29.9 Å². The van der Waals surface area contributed by atoms with Gasteiger partial charge in [0.05, 0.1) is 5.69 Å². The quantitative estimate of drug-likeness (QED) is 0.610. The van der Waals surface area contributed by atoms with E-state index in [1.807, 2.05) is 6.20 Å². The molecule has 0 aliphatic heterocycles. The molecule has 0 radical (unpaired) electrons. The molecule has 0 amide bonds. The van der Waals surface area contributed by atoms with Crippen molar-refractivity contribution >= 4 is 0 Å². The van der Waals surface area contributed by atoms with Crippen LogP contribution < -0.4 is 0 Å². The Morgan fingerprint density at radius 2 is 1.68 bits per heavy atom. The zero-order chi connectivity index (χ0) is 14.9. The van der Waals surface area contributed by atoms with E-state index in [9.17, 15) is 0 Å². The van der Waals surface area contributed by atoms with Crippen LogP contribution in [0, 0.1) is 6.92 Å². The molecular weight excluding hydrogens is 266 g/mol. The molecule has 0 bridgehead atoms. The molecule has 1 fully saturated rings. The zero-order valence-corrected chi connectivity index (χ0v) is 12.8. The van der Waals surface area contributed by atoms with Gasteiger partial charge in [0.15, 0.2) is 0 Å². The van der Waals surface area contributed by atoms with E-state index in [0.29, 0.717) is 0 Å². The molecule has 108 valence electrons. The van der Waals surface area contributed by atoms with E-state index < -0.39 is 0 Å². The minimum Gasteiger partial charge on any atom is -0.256 e. The summed E-state index contributed by atoms with van der Waals surface area (Å²) in [4.78, 5) is 4.62. The van der Waals surface area contributed by atoms with Gasteiger partial charge in [-0.1, -0.05) is 42.5 Å². The molecule has 1 aromatic heterocycles. The average Bonchev–Trinajstić information content (AvgIpc) is 3.41. The SMILES string of the molecule is Cc1ccc(-c2ccccc2)cc1-c1cc(C2CC2)ccn1. The molecule has 22 heavy (non-hydrogen) atoms. The first-order chi connectivity index (χ1) is 10.8. The number of pyridine rings is 1. The standard InChI is InChI=1S/C21H19N/c1-15-7-8-18(16-5-3-2-4-6-16)13-20(15)21-14-19(11-12-22-21)17-9-10-17/h2-8,11-14,17H,9-10H2,1H3. The number of rotatable bonds is 3. The average molecular weight is 285 g/mol. The van der Waals surface area contributed by atoms with Crippen LogP contribution in [0.4, 0.5) is 0 Å². The maximum Gasteiger partial charge on any atom is 0.0707 e. The molecule has 1 heteroatoms. The molecule has 0 unspecified atom stereocenters. The van der Waals surface area contributed by atoms with Crippen LogP contribution in [0.2, 0.25) is 0 Å². The lowest BCUT2D eigenvalue weighted by Crippen LogP contribution is -1.90. The van der Waals surface area contributed by atoms with Gasteiger partial charge in [0.25, 0.3) is 0 Å². The van der Waals surface area contributed by atoms with Gasteiger partial charge < -0.3 is 0 Å². The lowest BCUT2D eigenvalue weighted by Gasteiger charge is -2.10. The van der Waals surface area contributed by atoms with Crippen molar-refractivity contribution < 1.29 is 0 Å². The number of benzene rings is 2. The van der Waals surface area contributed by atoms with Crippen molar-refractivity contribution in [1.29, 1.82) is 0 Å². The minimum absolute atomic E-state index is 0.763. The van der Waals surface area contributed by atoms with Gasteiger partial charge >= 0.3 is 0 Å². The molecule has 3 aromatic rings. The van der Waals surface area contributed by atoms with E-state index in [4.69, 9.17) is 0 Å². The van der Waals surface area contributed by atoms with Crippen molar-refractivity contribution in [1.82, 2.24) is 4.98 Å². The van der Waals surface area contributed by atoms with Gasteiger partial charge in [0, 0.05) is 11.8 Å². The summed E-state index contributed by atoms with van der Waals surface area (Å²) in [7, 11) is 0. The summed E-state index contributed by atoms with van der Waals surface area (Å²) < 4.78 is 0. The molecule has 0 saturated heterocycles. The van der Waals surface area contributed by atoms with Gasteiger partial charge in [-0.25, -0.2) is 0 Å². The topological polar surface area (TPSA) is 12.9 Å². The highest BCUT2D eigenvalue weighted by molar-refractivity contribution is 5.74. The molecule has 0 spiro atoms. The molecule has 1 aliphatic rings. The summed E-state index contributed by atoms with van der Waals surface area (Å²) in [5.74, 6) is 0.763. The Hall–Kier alpha value is -2.41. The fourth-order valence-corrected chi connectivity index (χ4v) is 2.97. The Bertz CT molecular complexity index is 801. The van der Waals surface area contributed by atoms with Crippen LogP contribution in [-0.4, -0.2) is 4.98 Å². The highest BCUT2D eigenvalue weighted by Gasteiger charge is 2.23. The molecule has 0 atom stereocenters. The molecule has 4 rings (SSSR count). The summed E-state index contributed by atoms with van der Waals surface area (Å²) in [6.07, 6.45) is 4.61. The highest BCUT2D eigenvalue weighted by atomic mass is 14.7. The summed E-state index contributed by atoms with van der Waals surface area (Å²) in [6, 6.07) is 21.6. The summed E-state index contributed by atoms with van der Waals surface area (Å²) in [5.41, 5.74) is 7.56. The zero-order valence-electron chi connectivity index (χ0n) is 12.8. The third kappa shape index (κ3) is 2.55. The third-order valence-corrected chi connectivity index (χ3v) is 4.45. The second-order valence-electron chi connectivity index (χ2n) is 6.14. The van der Waals surface area contributed by atoms with Gasteiger partial charge in [-0.15, -0.1) is 0 Å². The summed E-state index contributed by atoms with van der Waals surface area (Å²) >= 11 is 0. The van der Waals surface area contributed by atoms with Crippen molar-refractivity contribution in [2.24, 2.45) is 0 Å². The fraction of sp³-hybridized carbons (Fsp3) is 0.190. The van der Waals surface area contributed by atoms with Crippen molar-refractivity contribution in [3.8, 4) is 22.4 Å². The monoisotopic (exact) mass is 285 g/mol. The van der Waals surface area contributed by atoms with Gasteiger partial charge in [-0.3, -0.25) is 4.98 Å². The number of hydrogen-bond acceptors (Lipinski definition) is 1. The second-order valence-corrected chi connectivity index (χ2v) is 6.14. The molecule has 1 saturated carbocycles. The largest absolute Gasteiger partial charge is 0.256 e. The summed E-state index contributed by atoms with van der Waals surface area (Å²) in [5, 5.41) is 0. The number of aryl methyl sites for hydroxylation is 1. The molecule has 1 nitrogen and oxygen atoms in total. The van der Waals surface area contributed by atoms with Crippen molar-refractivity contribution in [2.45, 2.75) is 25.7 Å². The van der Waals surface area contributed by atoms with Crippen LogP contribution in [0.15, 0.2) is 66.9 Å². The van der Waals surface area contributed by atoms with Crippen LogP contribution in [-0.2, 0) is 0 Å². The van der Waals surface area contributed by atoms with E-state index >= 15 is 0 Å². The maximum absolute atomic E-state index is 4.62. The Balaban J connectivity index is 1.79. The Kier molecular flexibility index (Phi) is 3.27. The third-order valence-electron chi connectivity index (χ3n) is 4.45. The number of hydrogen-bond donors (Lipinski definition) is 0. The molecule has 2 aromatic carbocycles. The Labute approximate surface area is 131 Å². The molecular formula is C21H19N. The van der Waals surface area contributed by atoms with Crippen LogP contribution >= 0.6 is 0 Å². The Morgan fingerprint density at radius 1 is 0.864 bits per heavy atom. The van der Waals surface area contributed by atoms with Gasteiger partial charge in [0.2, 0.25) is 0 Å². The van der Waals surface area contributed by atoms with Crippen molar-refractivity contribution in [3.63, 3.8) is 0 Å². The second kappa shape index (κ2) is 5.42. The van der Waals surface area contributed by atoms with E-state index in [2.05, 4.69) is 72.6 Å². The smallest absolute Gasteiger partial charge is 0.0707 e. The Morgan fingerprint density at radius 3 is 2.45 bits per heavy atom. The van der Waals surface area contributed by atoms with Gasteiger partial charge in [0.1, 0.15) is 0 Å². The molecule has 1 heterocycles. The predicted octanol–water partition coefficient (Wildman–Crippen LogP) is 5.60. The number of nitrogens with zero attached hydrogens (tertiary/aromatic N) is 1. The van der Waals surface area contributed by atoms with E-state index in [1.165, 1.54) is 40.7 Å². The van der Waals surface area contributed by atoms with E-state index in [1.54, 1.807) is 0 Å². The normalized spacial score (nSPS) is 14.0. The maximum atomic E-state index is 4.62. The van der Waals surface area contributed by atoms with Crippen LogP contribution in [0.3, 0.4) is 0 Å². The predicted molar refractivity (Wildman–Crippen MR) is 91.8 cm³/mol. The highest BCUT2D eigenvalue weighted by Crippen LogP contribution is 2.41. The van der Waals surface area contributed by atoms with E-state index in [-0.39, 0.29) is 0 Å². The molecule has 1 aliphatic carbocycles. The lowest BCUT2D eigenvalue weighted by atomic mass is 9.97. The first-order valence-electron chi connectivity index (χ1n) is 7.94. The fourth-order valence-electron chi connectivity index (χ4n) is 2.97. The van der Waals surface area contributed by atoms with E-state index in [0.717, 1.165) is 11.6 Å².